The van der Waals surface area contributed by atoms with E-state index in [9.17, 15) is 40.5 Å². The molecule has 9 atom stereocenters. The first-order valence-electron chi connectivity index (χ1n) is 19.6. The average Bonchev–Trinajstić information content (AvgIpc) is 3.10. The van der Waals surface area contributed by atoms with E-state index >= 15 is 0 Å². The molecule has 1 saturated heterocycles. The Morgan fingerprint density at radius 2 is 1.20 bits per heavy atom. The molecule has 1 fully saturated rings. The van der Waals surface area contributed by atoms with E-state index in [1.807, 2.05) is 0 Å². The number of aliphatic hydroxyl groups excluding tert-OH is 7. The van der Waals surface area contributed by atoms with E-state index in [-0.39, 0.29) is 12.8 Å². The van der Waals surface area contributed by atoms with Gasteiger partial charge in [0.25, 0.3) is 0 Å². The van der Waals surface area contributed by atoms with Crippen LogP contribution in [0.3, 0.4) is 0 Å². The van der Waals surface area contributed by atoms with Gasteiger partial charge in [0.05, 0.1) is 25.4 Å². The first-order chi connectivity index (χ1) is 23.7. The lowest BCUT2D eigenvalue weighted by molar-refractivity contribution is -0.303. The predicted molar refractivity (Wildman–Crippen MR) is 192 cm³/mol. The van der Waals surface area contributed by atoms with Crippen molar-refractivity contribution in [3.63, 3.8) is 0 Å². The van der Waals surface area contributed by atoms with Crippen molar-refractivity contribution in [2.75, 3.05) is 13.2 Å². The quantitative estimate of drug-likeness (QED) is 0.0376. The highest BCUT2D eigenvalue weighted by molar-refractivity contribution is 5.80. The molecule has 1 amide bonds. The van der Waals surface area contributed by atoms with E-state index < -0.39 is 74.2 Å². The van der Waals surface area contributed by atoms with Crippen LogP contribution < -0.4 is 5.32 Å². The van der Waals surface area contributed by atoms with E-state index in [1.54, 1.807) is 0 Å². The van der Waals surface area contributed by atoms with Gasteiger partial charge in [-0.2, -0.15) is 0 Å². The van der Waals surface area contributed by atoms with E-state index in [1.165, 1.54) is 77.0 Å². The zero-order chi connectivity index (χ0) is 36.3. The molecule has 0 bridgehead atoms. The Labute approximate surface area is 296 Å². The van der Waals surface area contributed by atoms with Gasteiger partial charge in [0.2, 0.25) is 5.91 Å². The number of rotatable bonds is 31. The molecule has 11 heteroatoms. The number of carbonyl (C=O) groups is 1. The molecule has 0 aliphatic carbocycles. The highest BCUT2D eigenvalue weighted by Crippen LogP contribution is 2.23. The smallest absolute Gasteiger partial charge is 0.249 e. The Hall–Kier alpha value is -1.15. The second kappa shape index (κ2) is 29.4. The van der Waals surface area contributed by atoms with Gasteiger partial charge in [0.1, 0.15) is 36.6 Å². The first kappa shape index (κ1) is 45.9. The van der Waals surface area contributed by atoms with Crippen LogP contribution in [0.1, 0.15) is 155 Å². The molecule has 290 valence electrons. The maximum atomic E-state index is 13.0. The molecule has 0 spiro atoms. The minimum Gasteiger partial charge on any atom is -0.394 e. The van der Waals surface area contributed by atoms with Gasteiger partial charge < -0.3 is 50.5 Å². The van der Waals surface area contributed by atoms with E-state index in [4.69, 9.17) is 9.47 Å². The SMILES string of the molecule is CCCCCCCC/C=C/CCCC(O)C(O)C(COC1OC(CO)C(O)C(O)C1O)NC(=O)C(O)CCCCCCCCCCCCC. The van der Waals surface area contributed by atoms with Crippen molar-refractivity contribution in [1.82, 2.24) is 5.32 Å². The molecule has 49 heavy (non-hydrogen) atoms. The second-order valence-electron chi connectivity index (χ2n) is 14.0. The third-order valence-corrected chi connectivity index (χ3v) is 9.57. The molecule has 9 unspecified atom stereocenters. The van der Waals surface area contributed by atoms with Crippen LogP contribution in [0.2, 0.25) is 0 Å². The molecule has 0 radical (unpaired) electrons. The number of unbranched alkanes of at least 4 members (excludes halogenated alkanes) is 17. The lowest BCUT2D eigenvalue weighted by atomic mass is 9.98. The zero-order valence-electron chi connectivity index (χ0n) is 30.7. The van der Waals surface area contributed by atoms with Gasteiger partial charge in [-0.25, -0.2) is 0 Å². The van der Waals surface area contributed by atoms with Crippen LogP contribution in [0.15, 0.2) is 12.2 Å². The molecule has 0 saturated carbocycles. The summed E-state index contributed by atoms with van der Waals surface area (Å²) in [5, 5.41) is 75.1. The Balaban J connectivity index is 2.60. The van der Waals surface area contributed by atoms with Crippen LogP contribution in [0.4, 0.5) is 0 Å². The van der Waals surface area contributed by atoms with E-state index in [2.05, 4.69) is 31.3 Å². The topological polar surface area (TPSA) is 189 Å². The standard InChI is InChI=1S/C38H73NO10/c1-3-5-7-9-11-13-15-17-19-21-23-25-30(41)33(43)29(28-48-38-36(46)35(45)34(44)32(27-40)49-38)39-37(47)31(42)26-24-22-20-18-16-14-12-10-8-6-4-2/h17,19,29-36,38,40-46H,3-16,18,20-28H2,1-2H3,(H,39,47)/b19-17+. The van der Waals surface area contributed by atoms with E-state index in [0.29, 0.717) is 12.8 Å². The Morgan fingerprint density at radius 3 is 1.76 bits per heavy atom. The lowest BCUT2D eigenvalue weighted by Gasteiger charge is -2.40. The van der Waals surface area contributed by atoms with Crippen molar-refractivity contribution in [2.45, 2.75) is 210 Å². The summed E-state index contributed by atoms with van der Waals surface area (Å²) in [7, 11) is 0. The first-order valence-corrected chi connectivity index (χ1v) is 19.6. The minimum atomic E-state index is -1.66. The van der Waals surface area contributed by atoms with Crippen LogP contribution in [0.5, 0.6) is 0 Å². The summed E-state index contributed by atoms with van der Waals surface area (Å²) < 4.78 is 11.0. The van der Waals surface area contributed by atoms with Crippen molar-refractivity contribution < 1.29 is 50.0 Å². The van der Waals surface area contributed by atoms with Crippen molar-refractivity contribution in [1.29, 1.82) is 0 Å². The Morgan fingerprint density at radius 1 is 0.694 bits per heavy atom. The molecular weight excluding hydrogens is 630 g/mol. The third-order valence-electron chi connectivity index (χ3n) is 9.57. The van der Waals surface area contributed by atoms with Crippen molar-refractivity contribution >= 4 is 5.91 Å². The number of nitrogens with one attached hydrogen (secondary N) is 1. The maximum Gasteiger partial charge on any atom is 0.249 e. The molecule has 11 nitrogen and oxygen atoms in total. The lowest BCUT2D eigenvalue weighted by Crippen LogP contribution is -2.60. The van der Waals surface area contributed by atoms with Gasteiger partial charge in [-0.3, -0.25) is 4.79 Å². The third kappa shape index (κ3) is 20.5. The summed E-state index contributed by atoms with van der Waals surface area (Å²) in [5.74, 6) is -0.710. The molecule has 0 aromatic rings. The Bertz CT molecular complexity index is 815. The largest absolute Gasteiger partial charge is 0.394 e. The summed E-state index contributed by atoms with van der Waals surface area (Å²) >= 11 is 0. The number of amides is 1. The predicted octanol–water partition coefficient (Wildman–Crippen LogP) is 4.55. The normalized spacial score (nSPS) is 23.8. The van der Waals surface area contributed by atoms with Crippen molar-refractivity contribution in [3.8, 4) is 0 Å². The van der Waals surface area contributed by atoms with Crippen LogP contribution in [-0.2, 0) is 14.3 Å². The monoisotopic (exact) mass is 704 g/mol. The van der Waals surface area contributed by atoms with Gasteiger partial charge in [0, 0.05) is 0 Å². The fourth-order valence-corrected chi connectivity index (χ4v) is 6.20. The summed E-state index contributed by atoms with van der Waals surface area (Å²) in [5.41, 5.74) is 0. The summed E-state index contributed by atoms with van der Waals surface area (Å²) in [6.07, 6.45) is 15.7. The zero-order valence-corrected chi connectivity index (χ0v) is 30.7. The number of carbonyl (C=O) groups excluding carboxylic acids is 1. The van der Waals surface area contributed by atoms with Crippen molar-refractivity contribution in [3.05, 3.63) is 12.2 Å². The van der Waals surface area contributed by atoms with Crippen molar-refractivity contribution in [2.24, 2.45) is 0 Å². The molecular formula is C38H73NO10. The highest BCUT2D eigenvalue weighted by Gasteiger charge is 2.44. The molecule has 1 rings (SSSR count). The van der Waals surface area contributed by atoms with E-state index in [0.717, 1.165) is 38.5 Å². The fourth-order valence-electron chi connectivity index (χ4n) is 6.20. The fraction of sp³-hybridized carbons (Fsp3) is 0.921. The van der Waals surface area contributed by atoms with Gasteiger partial charge in [0.15, 0.2) is 6.29 Å². The van der Waals surface area contributed by atoms with Gasteiger partial charge in [-0.15, -0.1) is 0 Å². The average molecular weight is 704 g/mol. The molecule has 1 heterocycles. The molecule has 1 aliphatic heterocycles. The number of ether oxygens (including phenoxy) is 2. The molecule has 0 aromatic carbocycles. The second-order valence-corrected chi connectivity index (χ2v) is 14.0. The maximum absolute atomic E-state index is 13.0. The molecule has 1 aliphatic rings. The molecule has 8 N–H and O–H groups in total. The highest BCUT2D eigenvalue weighted by atomic mass is 16.7. The van der Waals surface area contributed by atoms with Crippen LogP contribution in [0, 0.1) is 0 Å². The summed E-state index contributed by atoms with van der Waals surface area (Å²) in [6, 6.07) is -1.18. The molecule has 0 aromatic heterocycles. The van der Waals surface area contributed by atoms with Gasteiger partial charge >= 0.3 is 0 Å². The Kier molecular flexibility index (Phi) is 27.6. The van der Waals surface area contributed by atoms with Crippen LogP contribution in [0.25, 0.3) is 0 Å². The summed E-state index contributed by atoms with van der Waals surface area (Å²) in [4.78, 5) is 13.0. The number of allylic oxidation sites excluding steroid dienone is 2. The number of hydrogen-bond acceptors (Lipinski definition) is 10. The van der Waals surface area contributed by atoms with Gasteiger partial charge in [-0.05, 0) is 38.5 Å². The number of hydrogen-bond donors (Lipinski definition) is 8. The number of aliphatic hydroxyl groups is 7. The van der Waals surface area contributed by atoms with Crippen LogP contribution >= 0.6 is 0 Å². The van der Waals surface area contributed by atoms with Crippen LogP contribution in [-0.4, -0.2) is 110 Å². The van der Waals surface area contributed by atoms with Gasteiger partial charge in [-0.1, -0.05) is 129 Å². The summed E-state index contributed by atoms with van der Waals surface area (Å²) in [6.45, 7) is 3.35. The minimum absolute atomic E-state index is 0.257.